The molecule has 2 aromatic rings. The van der Waals surface area contributed by atoms with Gasteiger partial charge in [0, 0.05) is 18.0 Å². The van der Waals surface area contributed by atoms with Gasteiger partial charge in [-0.25, -0.2) is 9.97 Å². The lowest BCUT2D eigenvalue weighted by Crippen LogP contribution is -2.18. The number of ether oxygens (including phenoxy) is 1. The van der Waals surface area contributed by atoms with Gasteiger partial charge in [-0.15, -0.1) is 11.3 Å². The molecule has 4 nitrogen and oxygen atoms in total. The van der Waals surface area contributed by atoms with E-state index in [0.29, 0.717) is 6.10 Å². The van der Waals surface area contributed by atoms with Crippen molar-refractivity contribution in [1.29, 1.82) is 0 Å². The Balaban J connectivity index is 1.31. The van der Waals surface area contributed by atoms with Gasteiger partial charge in [0.2, 0.25) is 0 Å². The van der Waals surface area contributed by atoms with Gasteiger partial charge >= 0.3 is 0 Å². The highest BCUT2D eigenvalue weighted by atomic mass is 32.1. The zero-order chi connectivity index (χ0) is 15.5. The van der Waals surface area contributed by atoms with Crippen molar-refractivity contribution in [2.75, 3.05) is 18.5 Å². The van der Waals surface area contributed by atoms with E-state index in [1.165, 1.54) is 67.2 Å². The minimum atomic E-state index is 0.509. The van der Waals surface area contributed by atoms with Crippen molar-refractivity contribution in [3.63, 3.8) is 0 Å². The Morgan fingerprint density at radius 3 is 2.96 bits per heavy atom. The highest BCUT2D eigenvalue weighted by Gasteiger charge is 2.21. The van der Waals surface area contributed by atoms with Gasteiger partial charge in [0.05, 0.1) is 11.5 Å². The van der Waals surface area contributed by atoms with E-state index >= 15 is 0 Å². The maximum Gasteiger partial charge on any atom is 0.138 e. The van der Waals surface area contributed by atoms with E-state index in [-0.39, 0.29) is 0 Å². The van der Waals surface area contributed by atoms with Gasteiger partial charge in [0.15, 0.2) is 0 Å². The Bertz CT molecular complexity index is 664. The molecule has 0 spiro atoms. The largest absolute Gasteiger partial charge is 0.378 e. The molecule has 0 amide bonds. The first-order valence-electron chi connectivity index (χ1n) is 9.02. The summed E-state index contributed by atoms with van der Waals surface area (Å²) in [5, 5.41) is 4.79. The number of aryl methyl sites for hydroxylation is 2. The lowest BCUT2D eigenvalue weighted by Gasteiger charge is -2.22. The zero-order valence-corrected chi connectivity index (χ0v) is 14.5. The first-order chi connectivity index (χ1) is 11.4. The summed E-state index contributed by atoms with van der Waals surface area (Å²) in [6.45, 7) is 1.77. The van der Waals surface area contributed by atoms with Crippen molar-refractivity contribution in [3.05, 3.63) is 16.8 Å². The van der Waals surface area contributed by atoms with Crippen LogP contribution >= 0.6 is 11.3 Å². The summed E-state index contributed by atoms with van der Waals surface area (Å²) in [7, 11) is 0. The fourth-order valence-corrected chi connectivity index (χ4v) is 5.05. The van der Waals surface area contributed by atoms with Crippen LogP contribution in [0.5, 0.6) is 0 Å². The molecule has 5 heteroatoms. The summed E-state index contributed by atoms with van der Waals surface area (Å²) in [5.74, 6) is 1.02. The number of fused-ring (bicyclic) bond motifs is 3. The molecule has 2 heterocycles. The van der Waals surface area contributed by atoms with Crippen LogP contribution in [0.4, 0.5) is 5.82 Å². The molecular weight excluding hydrogens is 306 g/mol. The first kappa shape index (κ1) is 15.3. The van der Waals surface area contributed by atoms with Crippen LogP contribution in [0.15, 0.2) is 6.33 Å². The van der Waals surface area contributed by atoms with Crippen molar-refractivity contribution in [2.45, 2.75) is 63.9 Å². The van der Waals surface area contributed by atoms with E-state index in [4.69, 9.17) is 4.74 Å². The van der Waals surface area contributed by atoms with Gasteiger partial charge in [0.1, 0.15) is 17.0 Å². The number of rotatable bonds is 6. The van der Waals surface area contributed by atoms with Gasteiger partial charge in [0.25, 0.3) is 0 Å². The molecule has 0 aliphatic heterocycles. The molecular formula is C18H25N3OS. The lowest BCUT2D eigenvalue weighted by molar-refractivity contribution is 0.0284. The molecule has 1 fully saturated rings. The van der Waals surface area contributed by atoms with E-state index in [2.05, 4.69) is 15.3 Å². The van der Waals surface area contributed by atoms with Crippen LogP contribution in [-0.4, -0.2) is 29.2 Å². The SMILES string of the molecule is c1nc(NCCCOC2CCCCC2)c2c3c(sc2n1)CCC3. The van der Waals surface area contributed by atoms with Crippen LogP contribution in [0.1, 0.15) is 55.4 Å². The van der Waals surface area contributed by atoms with E-state index in [0.717, 1.165) is 30.2 Å². The Morgan fingerprint density at radius 2 is 2.04 bits per heavy atom. The van der Waals surface area contributed by atoms with Crippen molar-refractivity contribution < 1.29 is 4.74 Å². The number of hydrogen-bond acceptors (Lipinski definition) is 5. The van der Waals surface area contributed by atoms with Crippen LogP contribution in [0.3, 0.4) is 0 Å². The molecule has 1 N–H and O–H groups in total. The summed E-state index contributed by atoms with van der Waals surface area (Å²) in [5.41, 5.74) is 1.49. The van der Waals surface area contributed by atoms with Gasteiger partial charge in [-0.05, 0) is 44.1 Å². The summed E-state index contributed by atoms with van der Waals surface area (Å²) in [4.78, 5) is 11.6. The normalized spacial score (nSPS) is 18.4. The molecule has 0 radical (unpaired) electrons. The second kappa shape index (κ2) is 7.14. The van der Waals surface area contributed by atoms with Gasteiger partial charge in [-0.3, -0.25) is 0 Å². The molecule has 4 rings (SSSR count). The Labute approximate surface area is 141 Å². The molecule has 2 aliphatic carbocycles. The predicted octanol–water partition coefficient (Wildman–Crippen LogP) is 4.33. The van der Waals surface area contributed by atoms with Gasteiger partial charge in [-0.2, -0.15) is 0 Å². The molecule has 1 saturated carbocycles. The van der Waals surface area contributed by atoms with Crippen molar-refractivity contribution in [1.82, 2.24) is 9.97 Å². The standard InChI is InChI=1S/C18H25N3OS/c1-2-6-13(7-3-1)22-11-5-10-19-17-16-14-8-4-9-15(14)23-18(16)21-12-20-17/h12-13H,1-11H2,(H,19,20,21). The highest BCUT2D eigenvalue weighted by molar-refractivity contribution is 7.19. The molecule has 2 aliphatic rings. The molecule has 2 aromatic heterocycles. The first-order valence-corrected chi connectivity index (χ1v) is 9.84. The van der Waals surface area contributed by atoms with E-state index < -0.39 is 0 Å². The summed E-state index contributed by atoms with van der Waals surface area (Å²) in [6, 6.07) is 0. The van der Waals surface area contributed by atoms with Crippen LogP contribution in [0, 0.1) is 0 Å². The number of aromatic nitrogens is 2. The topological polar surface area (TPSA) is 47.0 Å². The third-order valence-corrected chi connectivity index (χ3v) is 6.22. The van der Waals surface area contributed by atoms with Crippen LogP contribution in [0.25, 0.3) is 10.2 Å². The molecule has 23 heavy (non-hydrogen) atoms. The predicted molar refractivity (Wildman–Crippen MR) is 95.4 cm³/mol. The Hall–Kier alpha value is -1.20. The lowest BCUT2D eigenvalue weighted by atomic mass is 9.98. The van der Waals surface area contributed by atoms with Gasteiger partial charge in [-0.1, -0.05) is 19.3 Å². The Morgan fingerprint density at radius 1 is 1.13 bits per heavy atom. The third kappa shape index (κ3) is 3.36. The maximum atomic E-state index is 6.00. The second-order valence-corrected chi connectivity index (χ2v) is 7.75. The van der Waals surface area contributed by atoms with Crippen molar-refractivity contribution in [3.8, 4) is 0 Å². The molecule has 0 unspecified atom stereocenters. The number of nitrogens with one attached hydrogen (secondary N) is 1. The zero-order valence-electron chi connectivity index (χ0n) is 13.6. The van der Waals surface area contributed by atoms with Crippen LogP contribution < -0.4 is 5.32 Å². The van der Waals surface area contributed by atoms with E-state index in [9.17, 15) is 0 Å². The number of thiophene rings is 1. The number of nitrogens with zero attached hydrogens (tertiary/aromatic N) is 2. The van der Waals surface area contributed by atoms with Gasteiger partial charge < -0.3 is 10.1 Å². The highest BCUT2D eigenvalue weighted by Crippen LogP contribution is 2.38. The van der Waals surface area contributed by atoms with Crippen LogP contribution in [-0.2, 0) is 17.6 Å². The Kier molecular flexibility index (Phi) is 4.76. The average Bonchev–Trinajstić information content (AvgIpc) is 3.16. The second-order valence-electron chi connectivity index (χ2n) is 6.67. The van der Waals surface area contributed by atoms with E-state index in [1.807, 2.05) is 11.3 Å². The smallest absolute Gasteiger partial charge is 0.138 e. The van der Waals surface area contributed by atoms with E-state index in [1.54, 1.807) is 6.33 Å². The van der Waals surface area contributed by atoms with Crippen LogP contribution in [0.2, 0.25) is 0 Å². The average molecular weight is 331 g/mol. The number of anilines is 1. The summed E-state index contributed by atoms with van der Waals surface area (Å²) >= 11 is 1.85. The summed E-state index contributed by atoms with van der Waals surface area (Å²) < 4.78 is 6.00. The summed E-state index contributed by atoms with van der Waals surface area (Å²) in [6.07, 6.45) is 13.5. The van der Waals surface area contributed by atoms with Crippen molar-refractivity contribution in [2.24, 2.45) is 0 Å². The number of hydrogen-bond donors (Lipinski definition) is 1. The fraction of sp³-hybridized carbons (Fsp3) is 0.667. The third-order valence-electron chi connectivity index (χ3n) is 5.02. The molecule has 0 saturated heterocycles. The monoisotopic (exact) mass is 331 g/mol. The maximum absolute atomic E-state index is 6.00. The molecule has 124 valence electrons. The quantitative estimate of drug-likeness (QED) is 0.800. The molecule has 0 atom stereocenters. The minimum Gasteiger partial charge on any atom is -0.378 e. The van der Waals surface area contributed by atoms with Crippen molar-refractivity contribution >= 4 is 27.4 Å². The molecule has 0 bridgehead atoms. The minimum absolute atomic E-state index is 0.509. The molecule has 0 aromatic carbocycles. The fourth-order valence-electron chi connectivity index (χ4n) is 3.82.